The van der Waals surface area contributed by atoms with Crippen molar-refractivity contribution in [1.82, 2.24) is 9.97 Å². The van der Waals surface area contributed by atoms with E-state index in [0.29, 0.717) is 30.0 Å². The molecule has 214 valence electrons. The van der Waals surface area contributed by atoms with Gasteiger partial charge in [-0.05, 0) is 43.6 Å². The van der Waals surface area contributed by atoms with E-state index in [2.05, 4.69) is 63.3 Å². The first-order valence-corrected chi connectivity index (χ1v) is 16.6. The van der Waals surface area contributed by atoms with Crippen LogP contribution in [0.3, 0.4) is 0 Å². The SMILES string of the molecule is CCCCC(C)(CO[Si](C)(C)C(C)(C)C)Nc1cc(NCc2ccc(OC)cc2OC)nc2cc(O)cnc12. The van der Waals surface area contributed by atoms with Gasteiger partial charge in [0.1, 0.15) is 28.6 Å². The Labute approximate surface area is 234 Å². The number of aromatic nitrogens is 2. The number of pyridine rings is 2. The van der Waals surface area contributed by atoms with E-state index in [1.54, 1.807) is 20.3 Å². The van der Waals surface area contributed by atoms with E-state index in [0.717, 1.165) is 42.0 Å². The van der Waals surface area contributed by atoms with Crippen LogP contribution >= 0.6 is 0 Å². The Kier molecular flexibility index (Phi) is 9.72. The monoisotopic (exact) mass is 554 g/mol. The molecule has 3 N–H and O–H groups in total. The van der Waals surface area contributed by atoms with Gasteiger partial charge in [0.25, 0.3) is 0 Å². The number of hydrogen-bond acceptors (Lipinski definition) is 8. The number of nitrogens with one attached hydrogen (secondary N) is 2. The van der Waals surface area contributed by atoms with Crippen molar-refractivity contribution in [3.63, 3.8) is 0 Å². The summed E-state index contributed by atoms with van der Waals surface area (Å²) in [5.41, 5.74) is 2.82. The summed E-state index contributed by atoms with van der Waals surface area (Å²) in [5, 5.41) is 17.5. The molecule has 1 unspecified atom stereocenters. The Balaban J connectivity index is 1.94. The fourth-order valence-corrected chi connectivity index (χ4v) is 5.20. The minimum atomic E-state index is -1.94. The highest BCUT2D eigenvalue weighted by Gasteiger charge is 2.39. The zero-order valence-electron chi connectivity index (χ0n) is 25.1. The predicted octanol–water partition coefficient (Wildman–Crippen LogP) is 7.35. The molecule has 0 spiro atoms. The minimum absolute atomic E-state index is 0.0740. The molecule has 3 rings (SSSR count). The standard InChI is InChI=1S/C30H46N4O4Si/c1-10-11-14-30(5,20-38-39(8,9)29(2,3)4)34-25-17-27(33-24-15-22(35)19-32-28(24)25)31-18-21-12-13-23(36-6)16-26(21)37-7/h12-13,15-17,19,35H,10-11,14,18,20H2,1-9H3,(H2,31,33,34). The number of rotatable bonds is 13. The second-order valence-corrected chi connectivity index (χ2v) is 16.8. The van der Waals surface area contributed by atoms with Crippen molar-refractivity contribution in [3.8, 4) is 17.2 Å². The summed E-state index contributed by atoms with van der Waals surface area (Å²) in [6, 6.07) is 9.37. The van der Waals surface area contributed by atoms with Gasteiger partial charge >= 0.3 is 0 Å². The highest BCUT2D eigenvalue weighted by molar-refractivity contribution is 6.74. The van der Waals surface area contributed by atoms with Crippen LogP contribution in [0.5, 0.6) is 17.2 Å². The summed E-state index contributed by atoms with van der Waals surface area (Å²) >= 11 is 0. The lowest BCUT2D eigenvalue weighted by atomic mass is 9.95. The van der Waals surface area contributed by atoms with Gasteiger partial charge in [0.2, 0.25) is 0 Å². The molecule has 0 aliphatic rings. The Bertz CT molecular complexity index is 1260. The fraction of sp³-hybridized carbons (Fsp3) is 0.533. The van der Waals surface area contributed by atoms with Gasteiger partial charge in [-0.2, -0.15) is 0 Å². The zero-order chi connectivity index (χ0) is 28.8. The molecule has 2 heterocycles. The van der Waals surface area contributed by atoms with Crippen LogP contribution in [0.2, 0.25) is 18.1 Å². The van der Waals surface area contributed by atoms with Crippen LogP contribution in [0.4, 0.5) is 11.5 Å². The van der Waals surface area contributed by atoms with Gasteiger partial charge in [0.05, 0.1) is 43.8 Å². The molecule has 0 aliphatic carbocycles. The van der Waals surface area contributed by atoms with Crippen molar-refractivity contribution < 1.29 is 19.0 Å². The van der Waals surface area contributed by atoms with Crippen LogP contribution in [-0.4, -0.2) is 49.8 Å². The smallest absolute Gasteiger partial charge is 0.192 e. The number of nitrogens with zero attached hydrogens (tertiary/aromatic N) is 2. The van der Waals surface area contributed by atoms with Crippen molar-refractivity contribution in [2.75, 3.05) is 31.5 Å². The molecule has 0 fully saturated rings. The van der Waals surface area contributed by atoms with E-state index in [9.17, 15) is 5.11 Å². The largest absolute Gasteiger partial charge is 0.506 e. The average molecular weight is 555 g/mol. The fourth-order valence-electron chi connectivity index (χ4n) is 4.09. The number of methoxy groups -OCH3 is 2. The van der Waals surface area contributed by atoms with Crippen molar-refractivity contribution >= 4 is 30.9 Å². The Morgan fingerprint density at radius 1 is 1.03 bits per heavy atom. The summed E-state index contributed by atoms with van der Waals surface area (Å²) in [4.78, 5) is 9.28. The Morgan fingerprint density at radius 3 is 2.41 bits per heavy atom. The van der Waals surface area contributed by atoms with Gasteiger partial charge in [0.15, 0.2) is 8.32 Å². The molecule has 0 saturated carbocycles. The van der Waals surface area contributed by atoms with E-state index >= 15 is 0 Å². The van der Waals surface area contributed by atoms with Crippen molar-refractivity contribution in [2.24, 2.45) is 0 Å². The zero-order valence-corrected chi connectivity index (χ0v) is 26.1. The van der Waals surface area contributed by atoms with Crippen LogP contribution in [0, 0.1) is 0 Å². The molecule has 2 aromatic heterocycles. The van der Waals surface area contributed by atoms with Crippen LogP contribution < -0.4 is 20.1 Å². The lowest BCUT2D eigenvalue weighted by molar-refractivity contribution is 0.214. The number of hydrogen-bond donors (Lipinski definition) is 3. The van der Waals surface area contributed by atoms with Gasteiger partial charge in [-0.3, -0.25) is 0 Å². The summed E-state index contributed by atoms with van der Waals surface area (Å²) in [6.45, 7) is 16.9. The number of aromatic hydroxyl groups is 1. The number of ether oxygens (including phenoxy) is 2. The van der Waals surface area contributed by atoms with E-state index < -0.39 is 8.32 Å². The third-order valence-corrected chi connectivity index (χ3v) is 12.1. The van der Waals surface area contributed by atoms with Crippen molar-refractivity contribution in [2.45, 2.75) is 84.1 Å². The van der Waals surface area contributed by atoms with Gasteiger partial charge < -0.3 is 29.6 Å². The summed E-state index contributed by atoms with van der Waals surface area (Å²) in [6.07, 6.45) is 4.58. The summed E-state index contributed by atoms with van der Waals surface area (Å²) < 4.78 is 17.6. The second kappa shape index (κ2) is 12.4. The Hall–Kier alpha value is -3.04. The van der Waals surface area contributed by atoms with E-state index in [-0.39, 0.29) is 16.3 Å². The molecule has 3 aromatic rings. The lowest BCUT2D eigenvalue weighted by Crippen LogP contribution is -2.48. The molecule has 8 nitrogen and oxygen atoms in total. The summed E-state index contributed by atoms with van der Waals surface area (Å²) in [7, 11) is 1.34. The van der Waals surface area contributed by atoms with Crippen molar-refractivity contribution in [3.05, 3.63) is 42.1 Å². The number of unbranched alkanes of at least 4 members (excludes halogenated alkanes) is 1. The van der Waals surface area contributed by atoms with Crippen LogP contribution in [0.15, 0.2) is 36.5 Å². The van der Waals surface area contributed by atoms with Gasteiger partial charge in [0, 0.05) is 30.3 Å². The maximum Gasteiger partial charge on any atom is 0.192 e. The normalized spacial score (nSPS) is 13.7. The predicted molar refractivity (Wildman–Crippen MR) is 163 cm³/mol. The molecule has 1 atom stereocenters. The van der Waals surface area contributed by atoms with E-state index in [1.165, 1.54) is 6.20 Å². The van der Waals surface area contributed by atoms with Crippen molar-refractivity contribution in [1.29, 1.82) is 0 Å². The first-order valence-electron chi connectivity index (χ1n) is 13.7. The third kappa shape index (κ3) is 7.76. The van der Waals surface area contributed by atoms with Gasteiger partial charge in [-0.1, -0.05) is 40.5 Å². The lowest BCUT2D eigenvalue weighted by Gasteiger charge is -2.41. The van der Waals surface area contributed by atoms with E-state index in [4.69, 9.17) is 18.9 Å². The topological polar surface area (TPSA) is 97.8 Å². The first-order chi connectivity index (χ1) is 18.3. The molecule has 0 bridgehead atoms. The number of benzene rings is 1. The highest BCUT2D eigenvalue weighted by Crippen LogP contribution is 2.38. The molecule has 39 heavy (non-hydrogen) atoms. The van der Waals surface area contributed by atoms with Crippen LogP contribution in [-0.2, 0) is 11.0 Å². The molecule has 1 aromatic carbocycles. The second-order valence-electron chi connectivity index (χ2n) is 12.0. The maximum absolute atomic E-state index is 10.1. The third-order valence-electron chi connectivity index (χ3n) is 7.66. The minimum Gasteiger partial charge on any atom is -0.506 e. The number of fused-ring (bicyclic) bond motifs is 1. The Morgan fingerprint density at radius 2 is 1.77 bits per heavy atom. The summed E-state index contributed by atoms with van der Waals surface area (Å²) in [5.74, 6) is 2.21. The quantitative estimate of drug-likeness (QED) is 0.189. The number of anilines is 2. The van der Waals surface area contributed by atoms with Gasteiger partial charge in [-0.25, -0.2) is 9.97 Å². The first kappa shape index (κ1) is 30.5. The molecule has 0 aliphatic heterocycles. The molecule has 0 amide bonds. The maximum atomic E-state index is 10.1. The van der Waals surface area contributed by atoms with E-state index in [1.807, 2.05) is 24.3 Å². The molecule has 9 heteroatoms. The molecular formula is C30H46N4O4Si. The van der Waals surface area contributed by atoms with Gasteiger partial charge in [-0.15, -0.1) is 0 Å². The molecular weight excluding hydrogens is 508 g/mol. The highest BCUT2D eigenvalue weighted by atomic mass is 28.4. The molecule has 0 saturated heterocycles. The molecule has 0 radical (unpaired) electrons. The van der Waals surface area contributed by atoms with Crippen LogP contribution in [0.25, 0.3) is 11.0 Å². The average Bonchev–Trinajstić information content (AvgIpc) is 2.88. The van der Waals surface area contributed by atoms with Crippen LogP contribution in [0.1, 0.15) is 59.4 Å².